The van der Waals surface area contributed by atoms with Crippen LogP contribution in [0.3, 0.4) is 0 Å². The third-order valence-electron chi connectivity index (χ3n) is 4.03. The van der Waals surface area contributed by atoms with Gasteiger partial charge in [0.15, 0.2) is 5.13 Å². The van der Waals surface area contributed by atoms with Gasteiger partial charge in [-0.1, -0.05) is 12.2 Å². The minimum atomic E-state index is -0.237. The molecule has 1 fully saturated rings. The molecule has 1 aromatic heterocycles. The number of carbonyl (C=O) groups is 2. The Balaban J connectivity index is 1.48. The third-order valence-corrected chi connectivity index (χ3v) is 4.94. The Morgan fingerprint density at radius 2 is 2.36 bits per heavy atom. The molecule has 1 aliphatic carbocycles. The minimum absolute atomic E-state index is 0.119. The lowest BCUT2D eigenvalue weighted by Crippen LogP contribution is -2.23. The largest absolute Gasteiger partial charge is 0.465 e. The van der Waals surface area contributed by atoms with Crippen LogP contribution in [0, 0.1) is 5.92 Å². The smallest absolute Gasteiger partial charge is 0.311 e. The summed E-state index contributed by atoms with van der Waals surface area (Å²) in [5.41, 5.74) is 0.688. The number of ether oxygens (including phenoxy) is 1. The van der Waals surface area contributed by atoms with Crippen molar-refractivity contribution in [1.82, 2.24) is 4.98 Å². The maximum Gasteiger partial charge on any atom is 0.311 e. The molecule has 22 heavy (non-hydrogen) atoms. The number of hydrogen-bond donors (Lipinski definition) is 0. The number of nitrogens with zero attached hydrogens (tertiary/aromatic N) is 2. The summed E-state index contributed by atoms with van der Waals surface area (Å²) in [7, 11) is 0. The maximum absolute atomic E-state index is 11.9. The molecule has 0 spiro atoms. The molecular weight excluding hydrogens is 300 g/mol. The van der Waals surface area contributed by atoms with E-state index in [1.54, 1.807) is 4.90 Å². The molecule has 1 aromatic rings. The first-order valence-electron chi connectivity index (χ1n) is 7.78. The number of anilines is 1. The van der Waals surface area contributed by atoms with Gasteiger partial charge in [-0.15, -0.1) is 11.3 Å². The van der Waals surface area contributed by atoms with Gasteiger partial charge in [0.1, 0.15) is 0 Å². The quantitative estimate of drug-likeness (QED) is 0.618. The molecule has 6 heteroatoms. The summed E-state index contributed by atoms with van der Waals surface area (Å²) < 4.78 is 5.35. The van der Waals surface area contributed by atoms with Crippen LogP contribution in [0.5, 0.6) is 0 Å². The van der Waals surface area contributed by atoms with Crippen molar-refractivity contribution in [3.63, 3.8) is 0 Å². The van der Waals surface area contributed by atoms with E-state index in [0.717, 1.165) is 32.2 Å². The number of hydrogen-bond acceptors (Lipinski definition) is 5. The van der Waals surface area contributed by atoms with Crippen molar-refractivity contribution in [2.75, 3.05) is 18.1 Å². The highest BCUT2D eigenvalue weighted by Gasteiger charge is 2.24. The average Bonchev–Trinajstić information content (AvgIpc) is 3.15. The Kier molecular flexibility index (Phi) is 4.87. The third kappa shape index (κ3) is 3.74. The van der Waals surface area contributed by atoms with Gasteiger partial charge in [-0.3, -0.25) is 14.5 Å². The van der Waals surface area contributed by atoms with E-state index in [0.29, 0.717) is 29.8 Å². The predicted octanol–water partition coefficient (Wildman–Crippen LogP) is 2.71. The van der Waals surface area contributed by atoms with Gasteiger partial charge >= 0.3 is 5.97 Å². The van der Waals surface area contributed by atoms with E-state index in [-0.39, 0.29) is 18.3 Å². The van der Waals surface area contributed by atoms with Gasteiger partial charge in [-0.25, -0.2) is 4.98 Å². The second-order valence-electron chi connectivity index (χ2n) is 5.78. The summed E-state index contributed by atoms with van der Waals surface area (Å²) in [5.74, 6) is 0.329. The van der Waals surface area contributed by atoms with Crippen LogP contribution in [-0.2, 0) is 20.7 Å². The monoisotopic (exact) mass is 320 g/mol. The maximum atomic E-state index is 11.9. The standard InChI is InChI=1S/C16H20N2O3S/c19-14-7-4-8-18(14)16-17-13(11-22-16)9-15(20)21-10-12-5-2-1-3-6-12/h1-2,11-12H,3-10H2. The first-order chi connectivity index (χ1) is 10.7. The highest BCUT2D eigenvalue weighted by molar-refractivity contribution is 7.14. The van der Waals surface area contributed by atoms with Crippen molar-refractivity contribution in [2.24, 2.45) is 5.92 Å². The molecule has 1 aliphatic heterocycles. The highest BCUT2D eigenvalue weighted by atomic mass is 32.1. The minimum Gasteiger partial charge on any atom is -0.465 e. The number of rotatable bonds is 5. The molecule has 1 amide bonds. The predicted molar refractivity (Wildman–Crippen MR) is 84.8 cm³/mol. The Bertz CT molecular complexity index is 582. The lowest BCUT2D eigenvalue weighted by molar-refractivity contribution is -0.144. The summed E-state index contributed by atoms with van der Waals surface area (Å²) in [6, 6.07) is 0. The number of aromatic nitrogens is 1. The van der Waals surface area contributed by atoms with Crippen LogP contribution >= 0.6 is 11.3 Å². The summed E-state index contributed by atoms with van der Waals surface area (Å²) in [6.07, 6.45) is 9.13. The zero-order valence-electron chi connectivity index (χ0n) is 12.5. The van der Waals surface area contributed by atoms with Gasteiger partial charge in [0.05, 0.1) is 18.7 Å². The molecule has 118 valence electrons. The van der Waals surface area contributed by atoms with Crippen molar-refractivity contribution in [1.29, 1.82) is 0 Å². The van der Waals surface area contributed by atoms with Crippen molar-refractivity contribution in [2.45, 2.75) is 38.5 Å². The first-order valence-corrected chi connectivity index (χ1v) is 8.66. The van der Waals surface area contributed by atoms with E-state index in [1.807, 2.05) is 5.38 Å². The summed E-state index contributed by atoms with van der Waals surface area (Å²) in [4.78, 5) is 29.7. The van der Waals surface area contributed by atoms with Crippen molar-refractivity contribution in [3.8, 4) is 0 Å². The zero-order valence-corrected chi connectivity index (χ0v) is 13.3. The normalized spacial score (nSPS) is 21.4. The Hall–Kier alpha value is -1.69. The fraction of sp³-hybridized carbons (Fsp3) is 0.562. The molecule has 2 heterocycles. The number of allylic oxidation sites excluding steroid dienone is 2. The summed E-state index contributed by atoms with van der Waals surface area (Å²) in [5, 5.41) is 2.54. The molecule has 1 unspecified atom stereocenters. The Labute approximate surface area is 134 Å². The topological polar surface area (TPSA) is 59.5 Å². The average molecular weight is 320 g/mol. The number of carbonyl (C=O) groups excluding carboxylic acids is 2. The molecule has 2 aliphatic rings. The van der Waals surface area contributed by atoms with E-state index in [9.17, 15) is 9.59 Å². The zero-order chi connectivity index (χ0) is 15.4. The fourth-order valence-electron chi connectivity index (χ4n) is 2.77. The van der Waals surface area contributed by atoms with E-state index in [1.165, 1.54) is 11.3 Å². The van der Waals surface area contributed by atoms with Crippen LogP contribution in [0.4, 0.5) is 5.13 Å². The van der Waals surface area contributed by atoms with Gasteiger partial charge in [-0.05, 0) is 31.6 Å². The van der Waals surface area contributed by atoms with E-state index in [4.69, 9.17) is 4.74 Å². The van der Waals surface area contributed by atoms with E-state index >= 15 is 0 Å². The summed E-state index contributed by atoms with van der Waals surface area (Å²) >= 11 is 1.42. The van der Waals surface area contributed by atoms with Crippen LogP contribution in [0.25, 0.3) is 0 Å². The van der Waals surface area contributed by atoms with E-state index < -0.39 is 0 Å². The van der Waals surface area contributed by atoms with Gasteiger partial charge in [0, 0.05) is 18.3 Å². The van der Waals surface area contributed by atoms with Gasteiger partial charge < -0.3 is 4.74 Å². The Morgan fingerprint density at radius 1 is 1.45 bits per heavy atom. The second kappa shape index (κ2) is 7.05. The molecule has 0 radical (unpaired) electrons. The summed E-state index contributed by atoms with van der Waals surface area (Å²) in [6.45, 7) is 1.22. The van der Waals surface area contributed by atoms with Crippen molar-refractivity contribution in [3.05, 3.63) is 23.2 Å². The van der Waals surface area contributed by atoms with Crippen LogP contribution in [0.1, 0.15) is 37.8 Å². The molecule has 0 N–H and O–H groups in total. The van der Waals surface area contributed by atoms with Crippen LogP contribution in [0.2, 0.25) is 0 Å². The van der Waals surface area contributed by atoms with Gasteiger partial charge in [0.25, 0.3) is 0 Å². The lowest BCUT2D eigenvalue weighted by Gasteiger charge is -2.17. The van der Waals surface area contributed by atoms with Crippen molar-refractivity contribution < 1.29 is 14.3 Å². The number of amides is 1. The SMILES string of the molecule is O=C(Cc1csc(N2CCCC2=O)n1)OCC1CC=CCC1. The first kappa shape index (κ1) is 15.2. The molecule has 0 bridgehead atoms. The number of esters is 1. The van der Waals surface area contributed by atoms with Crippen LogP contribution in [0.15, 0.2) is 17.5 Å². The molecule has 0 aromatic carbocycles. The number of thiazole rings is 1. The van der Waals surface area contributed by atoms with Crippen molar-refractivity contribution >= 4 is 28.3 Å². The fourth-order valence-corrected chi connectivity index (χ4v) is 3.64. The second-order valence-corrected chi connectivity index (χ2v) is 6.62. The molecular formula is C16H20N2O3S. The lowest BCUT2D eigenvalue weighted by atomic mass is 9.95. The van der Waals surface area contributed by atoms with Crippen LogP contribution < -0.4 is 4.90 Å². The molecule has 0 saturated carbocycles. The molecule has 3 rings (SSSR count). The highest BCUT2D eigenvalue weighted by Crippen LogP contribution is 2.25. The molecule has 1 saturated heterocycles. The van der Waals surface area contributed by atoms with Gasteiger partial charge in [-0.2, -0.15) is 0 Å². The van der Waals surface area contributed by atoms with Gasteiger partial charge in [0.2, 0.25) is 5.91 Å². The van der Waals surface area contributed by atoms with E-state index in [2.05, 4.69) is 17.1 Å². The Morgan fingerprint density at radius 3 is 3.09 bits per heavy atom. The van der Waals surface area contributed by atoms with Crippen LogP contribution in [-0.4, -0.2) is 30.0 Å². The molecule has 5 nitrogen and oxygen atoms in total. The molecule has 1 atom stereocenters.